The Bertz CT molecular complexity index is 655. The maximum atomic E-state index is 12.0. The summed E-state index contributed by atoms with van der Waals surface area (Å²) < 4.78 is 1.50. The van der Waals surface area contributed by atoms with Gasteiger partial charge in [-0.2, -0.15) is 9.97 Å². The summed E-state index contributed by atoms with van der Waals surface area (Å²) in [5.74, 6) is 0.784. The van der Waals surface area contributed by atoms with E-state index in [1.165, 1.54) is 4.57 Å². The minimum Gasteiger partial charge on any atom is -0.289 e. The molecule has 0 aliphatic rings. The fourth-order valence-corrected chi connectivity index (χ4v) is 1.97. The average molecular weight is 294 g/mol. The van der Waals surface area contributed by atoms with Gasteiger partial charge in [0.25, 0.3) is 0 Å². The SMILES string of the molecule is CCNNc1nc(-c2cccc(Cl)c2)n(CC)c(=O)n1. The van der Waals surface area contributed by atoms with Gasteiger partial charge >= 0.3 is 5.69 Å². The van der Waals surface area contributed by atoms with Crippen molar-refractivity contribution >= 4 is 17.5 Å². The van der Waals surface area contributed by atoms with Crippen LogP contribution in [0.5, 0.6) is 0 Å². The minimum atomic E-state index is -0.349. The number of nitrogens with zero attached hydrogens (tertiary/aromatic N) is 3. The molecule has 7 heteroatoms. The molecule has 0 aliphatic carbocycles. The van der Waals surface area contributed by atoms with E-state index in [-0.39, 0.29) is 11.6 Å². The second kappa shape index (κ2) is 6.49. The zero-order chi connectivity index (χ0) is 14.5. The van der Waals surface area contributed by atoms with Crippen LogP contribution in [0.15, 0.2) is 29.1 Å². The first-order valence-electron chi connectivity index (χ1n) is 6.39. The highest BCUT2D eigenvalue weighted by atomic mass is 35.5. The van der Waals surface area contributed by atoms with Crippen LogP contribution in [-0.2, 0) is 6.54 Å². The number of benzene rings is 1. The molecule has 2 N–H and O–H groups in total. The molecule has 106 valence electrons. The van der Waals surface area contributed by atoms with Gasteiger partial charge in [0.15, 0.2) is 0 Å². The number of hydrazine groups is 1. The van der Waals surface area contributed by atoms with E-state index in [2.05, 4.69) is 20.8 Å². The van der Waals surface area contributed by atoms with Crippen molar-refractivity contribution in [1.29, 1.82) is 0 Å². The van der Waals surface area contributed by atoms with E-state index >= 15 is 0 Å². The Morgan fingerprint density at radius 3 is 2.75 bits per heavy atom. The second-order valence-electron chi connectivity index (χ2n) is 4.06. The van der Waals surface area contributed by atoms with Crippen molar-refractivity contribution in [3.05, 3.63) is 39.8 Å². The predicted octanol–water partition coefficient (Wildman–Crippen LogP) is 1.91. The van der Waals surface area contributed by atoms with Gasteiger partial charge in [0, 0.05) is 23.7 Å². The van der Waals surface area contributed by atoms with E-state index < -0.39 is 0 Å². The first-order chi connectivity index (χ1) is 9.65. The lowest BCUT2D eigenvalue weighted by Gasteiger charge is -2.12. The van der Waals surface area contributed by atoms with Gasteiger partial charge < -0.3 is 0 Å². The number of anilines is 1. The number of nitrogens with one attached hydrogen (secondary N) is 2. The molecule has 1 aromatic heterocycles. The summed E-state index contributed by atoms with van der Waals surface area (Å²) in [5.41, 5.74) is 6.09. The van der Waals surface area contributed by atoms with Crippen LogP contribution in [0.4, 0.5) is 5.95 Å². The molecule has 0 spiro atoms. The first kappa shape index (κ1) is 14.5. The van der Waals surface area contributed by atoms with E-state index in [9.17, 15) is 4.79 Å². The Kier molecular flexibility index (Phi) is 4.70. The first-order valence-corrected chi connectivity index (χ1v) is 6.77. The van der Waals surface area contributed by atoms with Gasteiger partial charge in [-0.1, -0.05) is 30.7 Å². The topological polar surface area (TPSA) is 71.8 Å². The maximum absolute atomic E-state index is 12.0. The maximum Gasteiger partial charge on any atom is 0.352 e. The zero-order valence-corrected chi connectivity index (χ0v) is 12.1. The summed E-state index contributed by atoms with van der Waals surface area (Å²) in [7, 11) is 0. The molecule has 0 fully saturated rings. The monoisotopic (exact) mass is 293 g/mol. The average Bonchev–Trinajstić information content (AvgIpc) is 2.44. The van der Waals surface area contributed by atoms with Crippen LogP contribution in [0, 0.1) is 0 Å². The molecular formula is C13H16ClN5O. The van der Waals surface area contributed by atoms with Crippen LogP contribution in [0.25, 0.3) is 11.4 Å². The van der Waals surface area contributed by atoms with Gasteiger partial charge in [-0.3, -0.25) is 9.99 Å². The van der Waals surface area contributed by atoms with Crippen molar-refractivity contribution in [2.45, 2.75) is 20.4 Å². The van der Waals surface area contributed by atoms with E-state index in [0.717, 1.165) is 5.56 Å². The summed E-state index contributed by atoms with van der Waals surface area (Å²) in [4.78, 5) is 20.3. The molecule has 0 atom stereocenters. The van der Waals surface area contributed by atoms with E-state index in [1.807, 2.05) is 26.0 Å². The van der Waals surface area contributed by atoms with Crippen molar-refractivity contribution in [3.63, 3.8) is 0 Å². The molecule has 0 saturated carbocycles. The molecule has 20 heavy (non-hydrogen) atoms. The van der Waals surface area contributed by atoms with Crippen LogP contribution < -0.4 is 16.5 Å². The highest BCUT2D eigenvalue weighted by Gasteiger charge is 2.11. The number of hydrogen-bond acceptors (Lipinski definition) is 5. The Balaban J connectivity index is 2.54. The van der Waals surface area contributed by atoms with Crippen molar-refractivity contribution in [2.24, 2.45) is 0 Å². The number of aromatic nitrogens is 3. The smallest absolute Gasteiger partial charge is 0.289 e. The van der Waals surface area contributed by atoms with E-state index in [0.29, 0.717) is 23.9 Å². The van der Waals surface area contributed by atoms with Gasteiger partial charge in [-0.15, -0.1) is 0 Å². The summed E-state index contributed by atoms with van der Waals surface area (Å²) in [5, 5.41) is 0.595. The summed E-state index contributed by atoms with van der Waals surface area (Å²) in [6.45, 7) is 4.98. The highest BCUT2D eigenvalue weighted by molar-refractivity contribution is 6.30. The van der Waals surface area contributed by atoms with E-state index in [4.69, 9.17) is 11.6 Å². The fraction of sp³-hybridized carbons (Fsp3) is 0.308. The van der Waals surface area contributed by atoms with Crippen LogP contribution >= 0.6 is 11.6 Å². The molecule has 0 radical (unpaired) electrons. The normalized spacial score (nSPS) is 10.6. The molecular weight excluding hydrogens is 278 g/mol. The zero-order valence-electron chi connectivity index (χ0n) is 11.4. The quantitative estimate of drug-likeness (QED) is 0.824. The number of halogens is 1. The van der Waals surface area contributed by atoms with Crippen molar-refractivity contribution in [3.8, 4) is 11.4 Å². The molecule has 0 saturated heterocycles. The summed E-state index contributed by atoms with van der Waals surface area (Å²) in [6, 6.07) is 7.23. The number of hydrogen-bond donors (Lipinski definition) is 2. The molecule has 1 heterocycles. The minimum absolute atomic E-state index is 0.247. The Morgan fingerprint density at radius 2 is 2.10 bits per heavy atom. The third kappa shape index (κ3) is 3.15. The van der Waals surface area contributed by atoms with Crippen LogP contribution in [0.2, 0.25) is 5.02 Å². The van der Waals surface area contributed by atoms with Gasteiger partial charge in [0.2, 0.25) is 5.95 Å². The van der Waals surface area contributed by atoms with Crippen molar-refractivity contribution in [2.75, 3.05) is 12.0 Å². The van der Waals surface area contributed by atoms with Crippen LogP contribution in [0.3, 0.4) is 0 Å². The van der Waals surface area contributed by atoms with Crippen LogP contribution in [-0.4, -0.2) is 21.1 Å². The molecule has 1 aromatic carbocycles. The predicted molar refractivity (Wildman–Crippen MR) is 79.7 cm³/mol. The Hall–Kier alpha value is -1.92. The lowest BCUT2D eigenvalue weighted by molar-refractivity contribution is 0.681. The third-order valence-electron chi connectivity index (χ3n) is 2.68. The highest BCUT2D eigenvalue weighted by Crippen LogP contribution is 2.20. The molecule has 6 nitrogen and oxygen atoms in total. The molecule has 2 aromatic rings. The third-order valence-corrected chi connectivity index (χ3v) is 2.91. The largest absolute Gasteiger partial charge is 0.352 e. The Labute approximate surface area is 121 Å². The Morgan fingerprint density at radius 1 is 1.30 bits per heavy atom. The second-order valence-corrected chi connectivity index (χ2v) is 4.50. The number of rotatable bonds is 5. The summed E-state index contributed by atoms with van der Waals surface area (Å²) >= 11 is 5.99. The van der Waals surface area contributed by atoms with Crippen molar-refractivity contribution < 1.29 is 0 Å². The van der Waals surface area contributed by atoms with Gasteiger partial charge in [-0.05, 0) is 19.1 Å². The molecule has 0 bridgehead atoms. The molecule has 0 amide bonds. The lowest BCUT2D eigenvalue weighted by Crippen LogP contribution is -2.30. The van der Waals surface area contributed by atoms with E-state index in [1.54, 1.807) is 12.1 Å². The van der Waals surface area contributed by atoms with Gasteiger partial charge in [-0.25, -0.2) is 10.2 Å². The van der Waals surface area contributed by atoms with Gasteiger partial charge in [0.05, 0.1) is 0 Å². The fourth-order valence-electron chi connectivity index (χ4n) is 1.78. The summed E-state index contributed by atoms with van der Waals surface area (Å²) in [6.07, 6.45) is 0. The van der Waals surface area contributed by atoms with Gasteiger partial charge in [0.1, 0.15) is 5.82 Å². The standard InChI is InChI=1S/C13H16ClN5O/c1-3-15-18-12-16-11(19(4-2)13(20)17-12)9-6-5-7-10(14)8-9/h5-8,15H,3-4H2,1-2H3,(H,17,18,20). The molecule has 0 aliphatic heterocycles. The lowest BCUT2D eigenvalue weighted by atomic mass is 10.2. The van der Waals surface area contributed by atoms with Crippen LogP contribution in [0.1, 0.15) is 13.8 Å². The molecule has 0 unspecified atom stereocenters. The molecule has 2 rings (SSSR count). The van der Waals surface area contributed by atoms with Crippen molar-refractivity contribution in [1.82, 2.24) is 20.0 Å².